The first-order valence-corrected chi connectivity index (χ1v) is 31.5. The van der Waals surface area contributed by atoms with E-state index in [-0.39, 0.29) is 40.7 Å². The number of fused-ring (bicyclic) bond motifs is 4. The van der Waals surface area contributed by atoms with E-state index in [1.165, 1.54) is 28.8 Å². The monoisotopic (exact) mass is 1160 g/mol. The third-order valence-electron chi connectivity index (χ3n) is 19.4. The quantitative estimate of drug-likeness (QED) is 0.0731. The SMILES string of the molecule is Cc1ccccc1[C@@H]1CN([C@@H]2CCOc3cc(N4CCOCC4)ncc32)CCN1C1CC2(CCN(c3ccc(C(=O)NS(=O)(=O)c4ccc(NCC5CCOCC5)c([N+](=O)[O-])c4)c(N4c5cc6cc[nH]c6nc5O[C@H]5COCC[C@@H]54)c3)CC2)C1. The van der Waals surface area contributed by atoms with E-state index in [1.807, 2.05) is 30.5 Å². The molecule has 0 unspecified atom stereocenters. The van der Waals surface area contributed by atoms with Crippen molar-refractivity contribution in [3.05, 3.63) is 124 Å². The van der Waals surface area contributed by atoms with Gasteiger partial charge in [-0.25, -0.2) is 18.1 Å². The molecule has 84 heavy (non-hydrogen) atoms. The third-order valence-corrected chi connectivity index (χ3v) is 20.7. The van der Waals surface area contributed by atoms with E-state index in [1.54, 1.807) is 6.07 Å². The van der Waals surface area contributed by atoms with Gasteiger partial charge in [-0.2, -0.15) is 4.98 Å². The first-order chi connectivity index (χ1) is 40.9. The average molecular weight is 1160 g/mol. The summed E-state index contributed by atoms with van der Waals surface area (Å²) in [4.78, 5) is 51.6. The lowest BCUT2D eigenvalue weighted by molar-refractivity contribution is -0.384. The number of carbonyl (C=O) groups is 1. The minimum Gasteiger partial charge on any atom is -0.493 e. The second-order valence-electron chi connectivity index (χ2n) is 24.2. The summed E-state index contributed by atoms with van der Waals surface area (Å²) < 4.78 is 60.8. The Morgan fingerprint density at radius 3 is 2.45 bits per heavy atom. The number of anilines is 5. The molecule has 22 heteroatoms. The zero-order chi connectivity index (χ0) is 57.1. The number of ether oxygens (including phenoxy) is 5. The van der Waals surface area contributed by atoms with Crippen molar-refractivity contribution in [1.82, 2.24) is 29.5 Å². The van der Waals surface area contributed by atoms with Crippen molar-refractivity contribution in [3.63, 3.8) is 0 Å². The lowest BCUT2D eigenvalue weighted by Gasteiger charge is -2.59. The molecule has 6 fully saturated rings. The Bertz CT molecular complexity index is 3560. The molecule has 4 atom stereocenters. The van der Waals surface area contributed by atoms with E-state index in [2.05, 4.69) is 83.0 Å². The number of nitrogens with one attached hydrogen (secondary N) is 3. The second kappa shape index (κ2) is 22.7. The maximum atomic E-state index is 14.8. The Kier molecular flexibility index (Phi) is 14.8. The summed E-state index contributed by atoms with van der Waals surface area (Å²) in [5.41, 5.74) is 6.73. The standard InChI is InChI=1S/C62H73N11O10S/c1-40-4-2-3-5-46(40)55-38-70(50-14-27-82-56-33-58(65-37-48(50)56)69-22-28-80-29-23-69)20-21-71(55)44-34-62(35-44)15-18-68(19-16-62)43-6-8-47(52(31-43)72-51-13-26-81-39-57(51)83-61-54(72)30-42-10-17-63-59(42)66-61)60(74)67-84(77,78)45-7-9-49(53(32-45)73(75)76)64-36-41-11-24-79-25-12-41/h2-10,17,30-33,37,41,44,50-51,55,57,64H,11-16,18-29,34-36,38-39H2,1H3,(H,63,66)(H,67,74)/t50-,51+,55+,57+/m1/s1. The molecular weight excluding hydrogens is 1090 g/mol. The van der Waals surface area contributed by atoms with Crippen LogP contribution in [0.25, 0.3) is 11.0 Å². The van der Waals surface area contributed by atoms with Crippen LogP contribution in [-0.2, 0) is 24.2 Å². The van der Waals surface area contributed by atoms with Crippen LogP contribution in [0.5, 0.6) is 11.6 Å². The van der Waals surface area contributed by atoms with Crippen molar-refractivity contribution < 1.29 is 41.8 Å². The molecule has 8 aliphatic rings. The number of sulfonamides is 1. The van der Waals surface area contributed by atoms with Gasteiger partial charge in [0, 0.05) is 138 Å². The number of H-pyrrole nitrogens is 1. The van der Waals surface area contributed by atoms with Gasteiger partial charge in [-0.15, -0.1) is 0 Å². The Hall–Kier alpha value is -7.08. The summed E-state index contributed by atoms with van der Waals surface area (Å²) >= 11 is 0. The molecule has 3 N–H and O–H groups in total. The van der Waals surface area contributed by atoms with E-state index in [0.29, 0.717) is 88.2 Å². The van der Waals surface area contributed by atoms with Crippen molar-refractivity contribution in [3.8, 4) is 11.6 Å². The number of pyridine rings is 2. The number of aromatic amines is 1. The van der Waals surface area contributed by atoms with Crippen molar-refractivity contribution in [2.45, 2.75) is 93.5 Å². The number of nitro benzene ring substituents is 1. The Balaban J connectivity index is 0.711. The van der Waals surface area contributed by atoms with E-state index in [9.17, 15) is 23.3 Å². The molecular formula is C62H73N11O10S. The van der Waals surface area contributed by atoms with E-state index in [0.717, 1.165) is 119 Å². The highest BCUT2D eigenvalue weighted by Crippen LogP contribution is 2.54. The maximum absolute atomic E-state index is 14.8. The minimum atomic E-state index is -4.62. The number of aryl methyl sites for hydroxylation is 1. The molecule has 6 aromatic rings. The van der Waals surface area contributed by atoms with Gasteiger partial charge in [0.2, 0.25) is 5.88 Å². The summed E-state index contributed by atoms with van der Waals surface area (Å²) in [6.07, 6.45) is 10.9. The van der Waals surface area contributed by atoms with Gasteiger partial charge >= 0.3 is 0 Å². The number of amides is 1. The molecule has 5 saturated heterocycles. The number of piperidine rings is 1. The first-order valence-electron chi connectivity index (χ1n) is 30.0. The zero-order valence-electron chi connectivity index (χ0n) is 47.5. The smallest absolute Gasteiger partial charge is 0.293 e. The normalized spacial score (nSPS) is 24.1. The first kappa shape index (κ1) is 54.8. The predicted octanol–water partition coefficient (Wildman–Crippen LogP) is 8.29. The minimum absolute atomic E-state index is 0.119. The number of hydrogen-bond donors (Lipinski definition) is 3. The van der Waals surface area contributed by atoms with Gasteiger partial charge < -0.3 is 48.7 Å². The molecule has 1 amide bonds. The van der Waals surface area contributed by atoms with Crippen LogP contribution in [-0.4, -0.2) is 161 Å². The number of benzene rings is 3. The molecule has 7 aliphatic heterocycles. The van der Waals surface area contributed by atoms with Crippen LogP contribution in [0.2, 0.25) is 0 Å². The predicted molar refractivity (Wildman–Crippen MR) is 317 cm³/mol. The summed E-state index contributed by atoms with van der Waals surface area (Å²) in [5.74, 6) is 1.67. The molecule has 10 heterocycles. The van der Waals surface area contributed by atoms with Gasteiger partial charge in [0.25, 0.3) is 21.6 Å². The Labute approximate surface area is 489 Å². The highest BCUT2D eigenvalue weighted by molar-refractivity contribution is 7.90. The Morgan fingerprint density at radius 1 is 0.821 bits per heavy atom. The van der Waals surface area contributed by atoms with E-state index in [4.69, 9.17) is 33.7 Å². The zero-order valence-corrected chi connectivity index (χ0v) is 48.3. The number of aromatic nitrogens is 3. The number of nitrogens with zero attached hydrogens (tertiary/aromatic N) is 8. The molecule has 1 saturated carbocycles. The fourth-order valence-electron chi connectivity index (χ4n) is 14.7. The van der Waals surface area contributed by atoms with Crippen LogP contribution >= 0.6 is 0 Å². The third kappa shape index (κ3) is 10.6. The van der Waals surface area contributed by atoms with E-state index >= 15 is 0 Å². The lowest BCUT2D eigenvalue weighted by atomic mass is 9.59. The summed E-state index contributed by atoms with van der Waals surface area (Å²) in [5, 5.41) is 16.4. The highest BCUT2D eigenvalue weighted by Gasteiger charge is 2.51. The number of rotatable bonds is 13. The molecule has 3 aromatic carbocycles. The van der Waals surface area contributed by atoms with Crippen LogP contribution in [0.1, 0.15) is 90.5 Å². The number of morpholine rings is 1. The molecule has 0 radical (unpaired) electrons. The molecule has 0 bridgehead atoms. The number of piperazine rings is 1. The molecule has 442 valence electrons. The number of nitro groups is 1. The van der Waals surface area contributed by atoms with Crippen LogP contribution < -0.4 is 34.2 Å². The van der Waals surface area contributed by atoms with Gasteiger partial charge in [0.05, 0.1) is 53.5 Å². The van der Waals surface area contributed by atoms with Gasteiger partial charge in [-0.3, -0.25) is 24.7 Å². The van der Waals surface area contributed by atoms with Gasteiger partial charge in [-0.05, 0) is 117 Å². The molecule has 1 aliphatic carbocycles. The summed E-state index contributed by atoms with van der Waals surface area (Å²) in [6, 6.07) is 24.9. The molecule has 21 nitrogen and oxygen atoms in total. The van der Waals surface area contributed by atoms with Crippen LogP contribution in [0.3, 0.4) is 0 Å². The van der Waals surface area contributed by atoms with Gasteiger partial charge in [0.1, 0.15) is 34.7 Å². The molecule has 14 rings (SSSR count). The van der Waals surface area contributed by atoms with Crippen molar-refractivity contribution in [2.75, 3.05) is 119 Å². The largest absolute Gasteiger partial charge is 0.493 e. The number of carbonyl (C=O) groups excluding carboxylic acids is 1. The Morgan fingerprint density at radius 2 is 1.63 bits per heavy atom. The topological polar surface area (TPSA) is 222 Å². The average Bonchev–Trinajstić information content (AvgIpc) is 3.88. The lowest BCUT2D eigenvalue weighted by Crippen LogP contribution is -2.60. The van der Waals surface area contributed by atoms with E-state index < -0.39 is 37.5 Å². The second-order valence-corrected chi connectivity index (χ2v) is 25.9. The molecule has 3 aromatic heterocycles. The van der Waals surface area contributed by atoms with Crippen LogP contribution in [0.15, 0.2) is 96.2 Å². The highest BCUT2D eigenvalue weighted by atomic mass is 32.2. The van der Waals surface area contributed by atoms with Crippen LogP contribution in [0, 0.1) is 28.4 Å². The summed E-state index contributed by atoms with van der Waals surface area (Å²) in [7, 11) is -4.62. The number of hydrogen-bond acceptors (Lipinski definition) is 18. The van der Waals surface area contributed by atoms with Crippen LogP contribution in [0.4, 0.5) is 34.3 Å². The van der Waals surface area contributed by atoms with Crippen molar-refractivity contribution >= 4 is 61.2 Å². The van der Waals surface area contributed by atoms with Gasteiger partial charge in [0.15, 0.2) is 0 Å². The van der Waals surface area contributed by atoms with Gasteiger partial charge in [-0.1, -0.05) is 24.3 Å². The van der Waals surface area contributed by atoms with Crippen molar-refractivity contribution in [1.29, 1.82) is 0 Å². The fraction of sp³-hybridized carbons (Fsp3) is 0.500. The fourth-order valence-corrected chi connectivity index (χ4v) is 15.7. The van der Waals surface area contributed by atoms with Crippen molar-refractivity contribution in [2.24, 2.45) is 11.3 Å². The summed E-state index contributed by atoms with van der Waals surface area (Å²) in [6.45, 7) is 13.0. The maximum Gasteiger partial charge on any atom is 0.293 e. The molecule has 1 spiro atoms.